The lowest BCUT2D eigenvalue weighted by atomic mass is 9.92. The van der Waals surface area contributed by atoms with Crippen LogP contribution in [-0.4, -0.2) is 30.3 Å². The molecule has 1 aliphatic heterocycles. The molecule has 4 nitrogen and oxygen atoms in total. The summed E-state index contributed by atoms with van der Waals surface area (Å²) >= 11 is 0. The number of hydrogen-bond donors (Lipinski definition) is 1. The minimum atomic E-state index is -0.949. The number of hydrogen-bond acceptors (Lipinski definition) is 4. The van der Waals surface area contributed by atoms with Crippen molar-refractivity contribution in [1.82, 2.24) is 0 Å². The summed E-state index contributed by atoms with van der Waals surface area (Å²) in [6, 6.07) is 0. The largest absolute Gasteiger partial charge is 0.465 e. The van der Waals surface area contributed by atoms with Crippen molar-refractivity contribution < 1.29 is 14.3 Å². The van der Waals surface area contributed by atoms with Crippen LogP contribution >= 0.6 is 0 Å². The number of carbonyl (C=O) groups excluding carboxylic acids is 1. The molecule has 0 saturated carbocycles. The first-order chi connectivity index (χ1) is 6.00. The molecule has 0 radical (unpaired) electrons. The van der Waals surface area contributed by atoms with E-state index in [9.17, 15) is 4.79 Å². The summed E-state index contributed by atoms with van der Waals surface area (Å²) in [7, 11) is 0. The Morgan fingerprint density at radius 3 is 2.69 bits per heavy atom. The molecule has 1 fully saturated rings. The Balaban J connectivity index is 2.69. The molecule has 1 aliphatic rings. The second-order valence-corrected chi connectivity index (χ2v) is 3.55. The third-order valence-electron chi connectivity index (χ3n) is 2.44. The molecular weight excluding hydrogens is 170 g/mol. The average Bonchev–Trinajstić information content (AvgIpc) is 2.28. The highest BCUT2D eigenvalue weighted by molar-refractivity contribution is 5.81. The van der Waals surface area contributed by atoms with Crippen LogP contribution in [0, 0.1) is 0 Å². The average molecular weight is 187 g/mol. The van der Waals surface area contributed by atoms with Gasteiger partial charge in [0, 0.05) is 6.42 Å². The van der Waals surface area contributed by atoms with Gasteiger partial charge in [-0.1, -0.05) is 0 Å². The van der Waals surface area contributed by atoms with Crippen molar-refractivity contribution in [2.24, 2.45) is 5.73 Å². The highest BCUT2D eigenvalue weighted by Crippen LogP contribution is 2.29. The van der Waals surface area contributed by atoms with E-state index in [2.05, 4.69) is 0 Å². The van der Waals surface area contributed by atoms with Crippen LogP contribution in [0.25, 0.3) is 0 Å². The smallest absolute Gasteiger partial charge is 0.328 e. The fraction of sp³-hybridized carbons (Fsp3) is 0.889. The van der Waals surface area contributed by atoms with Gasteiger partial charge in [0.2, 0.25) is 0 Å². The zero-order valence-electron chi connectivity index (χ0n) is 8.37. The van der Waals surface area contributed by atoms with Crippen LogP contribution in [0.5, 0.6) is 0 Å². The normalized spacial score (nSPS) is 39.1. The minimum Gasteiger partial charge on any atom is -0.465 e. The van der Waals surface area contributed by atoms with E-state index in [1.807, 2.05) is 6.92 Å². The van der Waals surface area contributed by atoms with Gasteiger partial charge in [0.05, 0.1) is 18.8 Å². The Labute approximate surface area is 78.4 Å². The Bertz CT molecular complexity index is 207. The van der Waals surface area contributed by atoms with Crippen molar-refractivity contribution in [3.8, 4) is 0 Å². The first-order valence-corrected chi connectivity index (χ1v) is 4.62. The standard InChI is InChI=1S/C9H17NO3/c1-4-12-8(11)9(10)5-6(2)13-7(9)3/h6-7H,4-5,10H2,1-3H3. The number of carbonyl (C=O) groups is 1. The van der Waals surface area contributed by atoms with Gasteiger partial charge in [-0.2, -0.15) is 0 Å². The third kappa shape index (κ3) is 1.84. The molecule has 1 saturated heterocycles. The van der Waals surface area contributed by atoms with Crippen molar-refractivity contribution in [3.63, 3.8) is 0 Å². The molecule has 0 aromatic rings. The van der Waals surface area contributed by atoms with Gasteiger partial charge in [-0.3, -0.25) is 0 Å². The fourth-order valence-electron chi connectivity index (χ4n) is 1.67. The maximum absolute atomic E-state index is 11.5. The molecule has 1 heterocycles. The lowest BCUT2D eigenvalue weighted by Crippen LogP contribution is -2.54. The molecule has 0 spiro atoms. The maximum atomic E-state index is 11.5. The highest BCUT2D eigenvalue weighted by atomic mass is 16.5. The molecule has 13 heavy (non-hydrogen) atoms. The molecule has 0 amide bonds. The van der Waals surface area contributed by atoms with E-state index >= 15 is 0 Å². The van der Waals surface area contributed by atoms with Crippen molar-refractivity contribution in [1.29, 1.82) is 0 Å². The zero-order chi connectivity index (χ0) is 10.1. The van der Waals surface area contributed by atoms with Gasteiger partial charge >= 0.3 is 5.97 Å². The fourth-order valence-corrected chi connectivity index (χ4v) is 1.67. The van der Waals surface area contributed by atoms with Gasteiger partial charge in [0.25, 0.3) is 0 Å². The van der Waals surface area contributed by atoms with Crippen LogP contribution in [0.2, 0.25) is 0 Å². The molecule has 76 valence electrons. The van der Waals surface area contributed by atoms with E-state index in [0.717, 1.165) is 0 Å². The number of esters is 1. The van der Waals surface area contributed by atoms with E-state index in [1.54, 1.807) is 13.8 Å². The van der Waals surface area contributed by atoms with E-state index in [-0.39, 0.29) is 18.2 Å². The molecule has 3 atom stereocenters. The van der Waals surface area contributed by atoms with E-state index < -0.39 is 5.54 Å². The number of nitrogens with two attached hydrogens (primary N) is 1. The van der Waals surface area contributed by atoms with Crippen LogP contribution in [0.4, 0.5) is 0 Å². The number of ether oxygens (including phenoxy) is 2. The summed E-state index contributed by atoms with van der Waals surface area (Å²) < 4.78 is 10.3. The number of rotatable bonds is 2. The molecule has 4 heteroatoms. The predicted octanol–water partition coefficient (Wildman–Crippen LogP) is 0.444. The third-order valence-corrected chi connectivity index (χ3v) is 2.44. The second-order valence-electron chi connectivity index (χ2n) is 3.55. The summed E-state index contributed by atoms with van der Waals surface area (Å²) in [5.41, 5.74) is 4.97. The lowest BCUT2D eigenvalue weighted by Gasteiger charge is -2.24. The van der Waals surface area contributed by atoms with Crippen molar-refractivity contribution in [2.75, 3.05) is 6.61 Å². The van der Waals surface area contributed by atoms with E-state index in [0.29, 0.717) is 13.0 Å². The molecule has 2 N–H and O–H groups in total. The molecule has 0 aromatic carbocycles. The van der Waals surface area contributed by atoms with Crippen molar-refractivity contribution >= 4 is 5.97 Å². The van der Waals surface area contributed by atoms with Crippen LogP contribution in [-0.2, 0) is 14.3 Å². The molecule has 0 aliphatic carbocycles. The van der Waals surface area contributed by atoms with E-state index in [4.69, 9.17) is 15.2 Å². The SMILES string of the molecule is CCOC(=O)C1(N)CC(C)OC1C. The van der Waals surface area contributed by atoms with Gasteiger partial charge in [-0.25, -0.2) is 4.79 Å². The first kappa shape index (κ1) is 10.5. The monoisotopic (exact) mass is 187 g/mol. The molecular formula is C9H17NO3. The molecule has 3 unspecified atom stereocenters. The van der Waals surface area contributed by atoms with Gasteiger partial charge in [0.1, 0.15) is 5.54 Å². The summed E-state index contributed by atoms with van der Waals surface area (Å²) in [6.45, 7) is 5.84. The highest BCUT2D eigenvalue weighted by Gasteiger charge is 2.48. The Kier molecular flexibility index (Phi) is 2.93. The lowest BCUT2D eigenvalue weighted by molar-refractivity contribution is -0.151. The zero-order valence-corrected chi connectivity index (χ0v) is 8.37. The van der Waals surface area contributed by atoms with Crippen LogP contribution in [0.1, 0.15) is 27.2 Å². The Hall–Kier alpha value is -0.610. The quantitative estimate of drug-likeness (QED) is 0.637. The predicted molar refractivity (Wildman–Crippen MR) is 48.2 cm³/mol. The van der Waals surface area contributed by atoms with Crippen molar-refractivity contribution in [3.05, 3.63) is 0 Å². The maximum Gasteiger partial charge on any atom is 0.328 e. The topological polar surface area (TPSA) is 61.5 Å². The van der Waals surface area contributed by atoms with Crippen molar-refractivity contribution in [2.45, 2.75) is 44.9 Å². The summed E-state index contributed by atoms with van der Waals surface area (Å²) in [4.78, 5) is 11.5. The van der Waals surface area contributed by atoms with Gasteiger partial charge in [0.15, 0.2) is 0 Å². The van der Waals surface area contributed by atoms with E-state index in [1.165, 1.54) is 0 Å². The summed E-state index contributed by atoms with van der Waals surface area (Å²) in [6.07, 6.45) is 0.304. The van der Waals surface area contributed by atoms with Crippen LogP contribution < -0.4 is 5.73 Å². The van der Waals surface area contributed by atoms with Crippen LogP contribution in [0.3, 0.4) is 0 Å². The molecule has 0 aromatic heterocycles. The minimum absolute atomic E-state index is 0.0319. The molecule has 0 bridgehead atoms. The summed E-state index contributed by atoms with van der Waals surface area (Å²) in [5, 5.41) is 0. The molecule has 1 rings (SSSR count). The Morgan fingerprint density at radius 1 is 1.69 bits per heavy atom. The Morgan fingerprint density at radius 2 is 2.31 bits per heavy atom. The van der Waals surface area contributed by atoms with Gasteiger partial charge in [-0.15, -0.1) is 0 Å². The van der Waals surface area contributed by atoms with Crippen LogP contribution in [0.15, 0.2) is 0 Å². The van der Waals surface area contributed by atoms with Gasteiger partial charge in [-0.05, 0) is 20.8 Å². The second kappa shape index (κ2) is 3.64. The van der Waals surface area contributed by atoms with Gasteiger partial charge < -0.3 is 15.2 Å². The summed E-state index contributed by atoms with van der Waals surface area (Å²) in [5.74, 6) is -0.355. The first-order valence-electron chi connectivity index (χ1n) is 4.62.